The van der Waals surface area contributed by atoms with Gasteiger partial charge in [-0.15, -0.1) is 0 Å². The molecule has 0 bridgehead atoms. The van der Waals surface area contributed by atoms with Crippen LogP contribution in [0.15, 0.2) is 18.2 Å². The number of nitrogens with zero attached hydrogens (tertiary/aromatic N) is 1. The fourth-order valence-corrected chi connectivity index (χ4v) is 4.13. The van der Waals surface area contributed by atoms with Crippen molar-refractivity contribution in [3.8, 4) is 5.75 Å². The molecule has 0 spiro atoms. The second-order valence-electron chi connectivity index (χ2n) is 5.99. The van der Waals surface area contributed by atoms with Crippen LogP contribution in [0.25, 0.3) is 0 Å². The number of hydrogen-bond acceptors (Lipinski definition) is 4. The zero-order chi connectivity index (χ0) is 18.4. The first kappa shape index (κ1) is 20.4. The quantitative estimate of drug-likeness (QED) is 0.267. The van der Waals surface area contributed by atoms with Crippen molar-refractivity contribution in [1.29, 1.82) is 0 Å². The predicted molar refractivity (Wildman–Crippen MR) is 86.7 cm³/mol. The highest BCUT2D eigenvalue weighted by molar-refractivity contribution is 6.71. The Kier molecular flexibility index (Phi) is 7.21. The Hall–Kier alpha value is -1.61. The largest absolute Gasteiger partial charge is 0.491 e. The standard InChI is InChI=1S/C15H22F3NO4Si/c1-4-5-10-24(2,3)23-9-8-22-12-6-7-14(19(20)21)13(11-12)15(16,17)18/h6-7,11H,4-5,8-10H2,1-3H3. The lowest BCUT2D eigenvalue weighted by Gasteiger charge is -2.22. The Balaban J connectivity index is 2.65. The van der Waals surface area contributed by atoms with E-state index in [2.05, 4.69) is 20.0 Å². The average molecular weight is 365 g/mol. The summed E-state index contributed by atoms with van der Waals surface area (Å²) in [6, 6.07) is 3.63. The van der Waals surface area contributed by atoms with Crippen molar-refractivity contribution >= 4 is 14.0 Å². The molecule has 0 saturated heterocycles. The highest BCUT2D eigenvalue weighted by atomic mass is 28.4. The summed E-state index contributed by atoms with van der Waals surface area (Å²) in [5, 5.41) is 10.7. The molecule has 0 amide bonds. The summed E-state index contributed by atoms with van der Waals surface area (Å²) in [5.41, 5.74) is -2.30. The number of ether oxygens (including phenoxy) is 1. The van der Waals surface area contributed by atoms with E-state index in [0.29, 0.717) is 6.07 Å². The van der Waals surface area contributed by atoms with Crippen molar-refractivity contribution in [1.82, 2.24) is 0 Å². The van der Waals surface area contributed by atoms with Crippen LogP contribution in [0, 0.1) is 10.1 Å². The van der Waals surface area contributed by atoms with Gasteiger partial charge in [-0.1, -0.05) is 19.8 Å². The van der Waals surface area contributed by atoms with Gasteiger partial charge in [-0.3, -0.25) is 10.1 Å². The van der Waals surface area contributed by atoms with E-state index in [-0.39, 0.29) is 19.0 Å². The molecule has 0 aliphatic rings. The minimum Gasteiger partial charge on any atom is -0.491 e. The van der Waals surface area contributed by atoms with Crippen LogP contribution in [0.4, 0.5) is 18.9 Å². The Bertz CT molecular complexity index is 564. The van der Waals surface area contributed by atoms with E-state index < -0.39 is 30.7 Å². The molecule has 5 nitrogen and oxygen atoms in total. The monoisotopic (exact) mass is 365 g/mol. The molecule has 24 heavy (non-hydrogen) atoms. The highest BCUT2D eigenvalue weighted by Gasteiger charge is 2.38. The minimum atomic E-state index is -4.81. The van der Waals surface area contributed by atoms with Crippen LogP contribution < -0.4 is 4.74 Å². The van der Waals surface area contributed by atoms with Crippen LogP contribution in [0.1, 0.15) is 25.3 Å². The Labute approximate surface area is 140 Å². The zero-order valence-electron chi connectivity index (χ0n) is 14.0. The number of unbranched alkanes of at least 4 members (excludes halogenated alkanes) is 1. The topological polar surface area (TPSA) is 61.6 Å². The SMILES string of the molecule is CCCC[Si](C)(C)OCCOc1ccc([N+](=O)[O-])c(C(F)(F)F)c1. The summed E-state index contributed by atoms with van der Waals surface area (Å²) in [4.78, 5) is 9.63. The maximum absolute atomic E-state index is 12.9. The smallest absolute Gasteiger partial charge is 0.423 e. The zero-order valence-corrected chi connectivity index (χ0v) is 15.0. The molecule has 0 unspecified atom stereocenters. The third-order valence-corrected chi connectivity index (χ3v) is 5.99. The second-order valence-corrected chi connectivity index (χ2v) is 10.3. The maximum atomic E-state index is 12.9. The van der Waals surface area contributed by atoms with E-state index in [1.807, 2.05) is 0 Å². The molecule has 0 aliphatic carbocycles. The van der Waals surface area contributed by atoms with Gasteiger partial charge in [0, 0.05) is 6.07 Å². The molecule has 1 rings (SSSR count). The van der Waals surface area contributed by atoms with Crippen LogP contribution >= 0.6 is 0 Å². The molecule has 0 aliphatic heterocycles. The van der Waals surface area contributed by atoms with E-state index in [4.69, 9.17) is 9.16 Å². The Morgan fingerprint density at radius 1 is 1.25 bits per heavy atom. The molecule has 9 heteroatoms. The summed E-state index contributed by atoms with van der Waals surface area (Å²) in [5.74, 6) is -0.0652. The lowest BCUT2D eigenvalue weighted by molar-refractivity contribution is -0.388. The number of nitro benzene ring substituents is 1. The van der Waals surface area contributed by atoms with E-state index >= 15 is 0 Å². The van der Waals surface area contributed by atoms with Crippen LogP contribution in [-0.4, -0.2) is 26.5 Å². The molecule has 1 aromatic rings. The first-order chi connectivity index (χ1) is 11.1. The average Bonchev–Trinajstić information content (AvgIpc) is 2.48. The van der Waals surface area contributed by atoms with E-state index in [0.717, 1.165) is 31.0 Å². The van der Waals surface area contributed by atoms with Crippen LogP contribution in [0.2, 0.25) is 19.1 Å². The third kappa shape index (κ3) is 6.48. The fourth-order valence-electron chi connectivity index (χ4n) is 2.14. The number of benzene rings is 1. The van der Waals surface area contributed by atoms with Crippen molar-refractivity contribution in [3.63, 3.8) is 0 Å². The van der Waals surface area contributed by atoms with Crippen molar-refractivity contribution in [3.05, 3.63) is 33.9 Å². The Morgan fingerprint density at radius 3 is 2.46 bits per heavy atom. The van der Waals surface area contributed by atoms with Gasteiger partial charge >= 0.3 is 6.18 Å². The molecule has 0 saturated carbocycles. The summed E-state index contributed by atoms with van der Waals surface area (Å²) in [6.45, 7) is 6.63. The molecule has 0 N–H and O–H groups in total. The van der Waals surface area contributed by atoms with Gasteiger partial charge in [0.1, 0.15) is 17.9 Å². The first-order valence-corrected chi connectivity index (χ1v) is 10.8. The van der Waals surface area contributed by atoms with Gasteiger partial charge in [0.05, 0.1) is 11.5 Å². The fraction of sp³-hybridized carbons (Fsp3) is 0.600. The number of hydrogen-bond donors (Lipinski definition) is 0. The second kappa shape index (κ2) is 8.47. The van der Waals surface area contributed by atoms with Crippen molar-refractivity contribution < 1.29 is 27.3 Å². The van der Waals surface area contributed by atoms with Crippen LogP contribution in [0.3, 0.4) is 0 Å². The van der Waals surface area contributed by atoms with Crippen molar-refractivity contribution in [2.75, 3.05) is 13.2 Å². The van der Waals surface area contributed by atoms with Gasteiger partial charge in [0.2, 0.25) is 0 Å². The molecular weight excluding hydrogens is 343 g/mol. The summed E-state index contributed by atoms with van der Waals surface area (Å²) >= 11 is 0. The molecular formula is C15H22F3NO4Si. The van der Waals surface area contributed by atoms with Gasteiger partial charge in [-0.2, -0.15) is 13.2 Å². The lowest BCUT2D eigenvalue weighted by Crippen LogP contribution is -2.31. The Morgan fingerprint density at radius 2 is 1.92 bits per heavy atom. The molecule has 0 radical (unpaired) electrons. The van der Waals surface area contributed by atoms with E-state index in [1.54, 1.807) is 0 Å². The molecule has 136 valence electrons. The van der Waals surface area contributed by atoms with Gasteiger partial charge in [0.25, 0.3) is 5.69 Å². The molecule has 0 heterocycles. The first-order valence-electron chi connectivity index (χ1n) is 7.69. The minimum absolute atomic E-state index is 0.0652. The van der Waals surface area contributed by atoms with Crippen molar-refractivity contribution in [2.24, 2.45) is 0 Å². The van der Waals surface area contributed by atoms with E-state index in [9.17, 15) is 23.3 Å². The van der Waals surface area contributed by atoms with Gasteiger partial charge in [-0.25, -0.2) is 0 Å². The number of alkyl halides is 3. The number of rotatable bonds is 9. The van der Waals surface area contributed by atoms with Gasteiger partial charge in [0.15, 0.2) is 8.32 Å². The maximum Gasteiger partial charge on any atom is 0.423 e. The summed E-state index contributed by atoms with van der Waals surface area (Å²) in [7, 11) is -1.78. The lowest BCUT2D eigenvalue weighted by atomic mass is 10.1. The summed E-state index contributed by atoms with van der Waals surface area (Å²) in [6.07, 6.45) is -2.65. The highest BCUT2D eigenvalue weighted by Crippen LogP contribution is 2.38. The summed E-state index contributed by atoms with van der Waals surface area (Å²) < 4.78 is 49.7. The van der Waals surface area contributed by atoms with Crippen LogP contribution in [0.5, 0.6) is 5.75 Å². The molecule has 0 aromatic heterocycles. The predicted octanol–water partition coefficient (Wildman–Crippen LogP) is 5.01. The van der Waals surface area contributed by atoms with E-state index in [1.165, 1.54) is 0 Å². The van der Waals surface area contributed by atoms with Gasteiger partial charge < -0.3 is 9.16 Å². The third-order valence-electron chi connectivity index (χ3n) is 3.45. The molecule has 0 atom stereocenters. The van der Waals surface area contributed by atoms with Gasteiger partial charge in [-0.05, 0) is 31.3 Å². The number of nitro groups is 1. The molecule has 1 aromatic carbocycles. The number of halogens is 3. The van der Waals surface area contributed by atoms with Crippen LogP contribution in [-0.2, 0) is 10.6 Å². The van der Waals surface area contributed by atoms with Crippen molar-refractivity contribution in [2.45, 2.75) is 45.1 Å². The normalized spacial score (nSPS) is 12.2. The molecule has 0 fully saturated rings.